The predicted molar refractivity (Wildman–Crippen MR) is 47.8 cm³/mol. The third kappa shape index (κ3) is 3.28. The Morgan fingerprint density at radius 1 is 0.882 bits per heavy atom. The minimum absolute atomic E-state index is 0.192. The van der Waals surface area contributed by atoms with Gasteiger partial charge in [-0.05, 0) is 17.7 Å². The van der Waals surface area contributed by atoms with Gasteiger partial charge in [-0.2, -0.15) is 26.3 Å². The smallest absolute Gasteiger partial charge is 0.404 e. The molecule has 0 aliphatic rings. The lowest BCUT2D eigenvalue weighted by atomic mass is 9.98. The van der Waals surface area contributed by atoms with Crippen LogP contribution in [-0.2, 0) is 0 Å². The predicted octanol–water partition coefficient (Wildman–Crippen LogP) is 3.90. The fraction of sp³-hybridized carbons (Fsp3) is 0.400. The van der Waals surface area contributed by atoms with Crippen molar-refractivity contribution in [2.45, 2.75) is 18.3 Å². The van der Waals surface area contributed by atoms with Crippen molar-refractivity contribution in [1.29, 1.82) is 0 Å². The summed E-state index contributed by atoms with van der Waals surface area (Å²) >= 11 is 0. The summed E-state index contributed by atoms with van der Waals surface area (Å²) < 4.78 is 78.7. The summed E-state index contributed by atoms with van der Waals surface area (Å²) in [6.07, 6.45) is -10.7. The van der Waals surface area contributed by atoms with Gasteiger partial charge in [0.15, 0.2) is 5.92 Å². The van der Waals surface area contributed by atoms with E-state index in [4.69, 9.17) is 0 Å². The lowest BCUT2D eigenvalue weighted by molar-refractivity contribution is -0.253. The number of benzene rings is 1. The minimum Gasteiger partial charge on any atom is -0.497 e. The van der Waals surface area contributed by atoms with Gasteiger partial charge in [-0.3, -0.25) is 0 Å². The second-order valence-electron chi connectivity index (χ2n) is 3.29. The molecular formula is C10H8F6O. The van der Waals surface area contributed by atoms with Crippen molar-refractivity contribution in [3.05, 3.63) is 29.8 Å². The molecule has 0 aliphatic carbocycles. The van der Waals surface area contributed by atoms with Crippen molar-refractivity contribution >= 4 is 0 Å². The molecule has 0 amide bonds. The Morgan fingerprint density at radius 3 is 1.59 bits per heavy atom. The van der Waals surface area contributed by atoms with Crippen LogP contribution in [0.3, 0.4) is 0 Å². The van der Waals surface area contributed by atoms with Crippen molar-refractivity contribution in [3.63, 3.8) is 0 Å². The lowest BCUT2D eigenvalue weighted by Crippen LogP contribution is -2.34. The van der Waals surface area contributed by atoms with E-state index in [-0.39, 0.29) is 5.75 Å². The molecule has 0 bridgehead atoms. The molecule has 1 nitrogen and oxygen atoms in total. The van der Waals surface area contributed by atoms with Crippen LogP contribution in [0, 0.1) is 0 Å². The number of alkyl halides is 6. The SMILES string of the molecule is COc1ccc(C(C(F)(F)F)C(F)(F)F)cc1. The molecule has 0 spiro atoms. The van der Waals surface area contributed by atoms with Crippen molar-refractivity contribution in [3.8, 4) is 5.75 Å². The quantitative estimate of drug-likeness (QED) is 0.731. The molecule has 0 unspecified atom stereocenters. The van der Waals surface area contributed by atoms with E-state index in [1.165, 1.54) is 7.11 Å². The monoisotopic (exact) mass is 258 g/mol. The van der Waals surface area contributed by atoms with E-state index in [1.807, 2.05) is 0 Å². The van der Waals surface area contributed by atoms with Gasteiger partial charge >= 0.3 is 12.4 Å². The number of rotatable bonds is 2. The number of ether oxygens (including phenoxy) is 1. The molecule has 7 heteroatoms. The second-order valence-corrected chi connectivity index (χ2v) is 3.29. The summed E-state index contributed by atoms with van der Waals surface area (Å²) in [6, 6.07) is 3.62. The van der Waals surface area contributed by atoms with E-state index >= 15 is 0 Å². The average Bonchev–Trinajstić information content (AvgIpc) is 2.14. The van der Waals surface area contributed by atoms with Gasteiger partial charge in [-0.15, -0.1) is 0 Å². The number of hydrogen-bond donors (Lipinski definition) is 0. The largest absolute Gasteiger partial charge is 0.497 e. The maximum atomic E-state index is 12.3. The maximum absolute atomic E-state index is 12.3. The molecule has 17 heavy (non-hydrogen) atoms. The fourth-order valence-corrected chi connectivity index (χ4v) is 1.36. The number of methoxy groups -OCH3 is 1. The topological polar surface area (TPSA) is 9.23 Å². The van der Waals surface area contributed by atoms with E-state index in [0.29, 0.717) is 0 Å². The lowest BCUT2D eigenvalue weighted by Gasteiger charge is -2.23. The van der Waals surface area contributed by atoms with Crippen molar-refractivity contribution in [2.24, 2.45) is 0 Å². The van der Waals surface area contributed by atoms with Crippen LogP contribution in [0.5, 0.6) is 5.75 Å². The van der Waals surface area contributed by atoms with Crippen LogP contribution < -0.4 is 4.74 Å². The molecule has 0 radical (unpaired) electrons. The van der Waals surface area contributed by atoms with Crippen molar-refractivity contribution in [2.75, 3.05) is 7.11 Å². The molecule has 0 aromatic heterocycles. The molecule has 0 N–H and O–H groups in total. The molecule has 1 aromatic carbocycles. The highest BCUT2D eigenvalue weighted by atomic mass is 19.4. The molecule has 0 fully saturated rings. The van der Waals surface area contributed by atoms with Crippen molar-refractivity contribution in [1.82, 2.24) is 0 Å². The molecular weight excluding hydrogens is 250 g/mol. The summed E-state index contributed by atoms with van der Waals surface area (Å²) in [5.41, 5.74) is -0.856. The highest BCUT2D eigenvalue weighted by Gasteiger charge is 2.57. The van der Waals surface area contributed by atoms with Gasteiger partial charge in [0.2, 0.25) is 0 Å². The molecule has 1 aromatic rings. The average molecular weight is 258 g/mol. The number of halogens is 6. The molecule has 0 atom stereocenters. The zero-order valence-electron chi connectivity index (χ0n) is 8.56. The molecule has 0 saturated carbocycles. The fourth-order valence-electron chi connectivity index (χ4n) is 1.36. The normalized spacial score (nSPS) is 12.9. The second kappa shape index (κ2) is 4.46. The van der Waals surface area contributed by atoms with Crippen LogP contribution in [0.25, 0.3) is 0 Å². The summed E-state index contributed by atoms with van der Waals surface area (Å²) in [4.78, 5) is 0. The van der Waals surface area contributed by atoms with E-state index in [9.17, 15) is 26.3 Å². The van der Waals surface area contributed by atoms with Gasteiger partial charge < -0.3 is 4.74 Å². The highest BCUT2D eigenvalue weighted by Crippen LogP contribution is 2.46. The third-order valence-corrected chi connectivity index (χ3v) is 2.10. The van der Waals surface area contributed by atoms with Crippen LogP contribution in [-0.4, -0.2) is 19.5 Å². The molecule has 96 valence electrons. The molecule has 1 rings (SSSR count). The molecule has 0 saturated heterocycles. The van der Waals surface area contributed by atoms with Gasteiger partial charge in [-0.25, -0.2) is 0 Å². The van der Waals surface area contributed by atoms with Gasteiger partial charge in [0, 0.05) is 0 Å². The van der Waals surface area contributed by atoms with Crippen LogP contribution in [0.15, 0.2) is 24.3 Å². The minimum atomic E-state index is -5.37. The summed E-state index contributed by atoms with van der Waals surface area (Å²) in [5.74, 6) is -3.28. The number of hydrogen-bond acceptors (Lipinski definition) is 1. The van der Waals surface area contributed by atoms with E-state index < -0.39 is 23.8 Å². The van der Waals surface area contributed by atoms with Gasteiger partial charge in [0.05, 0.1) is 7.11 Å². The zero-order valence-corrected chi connectivity index (χ0v) is 8.56. The first-order valence-electron chi connectivity index (χ1n) is 4.43. The van der Waals surface area contributed by atoms with Crippen molar-refractivity contribution < 1.29 is 31.1 Å². The highest BCUT2D eigenvalue weighted by molar-refractivity contribution is 5.31. The van der Waals surface area contributed by atoms with Crippen LogP contribution in [0.1, 0.15) is 11.5 Å². The first kappa shape index (κ1) is 13.7. The van der Waals surface area contributed by atoms with Crippen LogP contribution in [0.4, 0.5) is 26.3 Å². The summed E-state index contributed by atoms with van der Waals surface area (Å²) in [5, 5.41) is 0. The first-order chi connectivity index (χ1) is 7.66. The van der Waals surface area contributed by atoms with E-state index in [0.717, 1.165) is 24.3 Å². The van der Waals surface area contributed by atoms with Gasteiger partial charge in [0.25, 0.3) is 0 Å². The Morgan fingerprint density at radius 2 is 1.29 bits per heavy atom. The van der Waals surface area contributed by atoms with Crippen LogP contribution >= 0.6 is 0 Å². The van der Waals surface area contributed by atoms with Crippen LogP contribution in [0.2, 0.25) is 0 Å². The van der Waals surface area contributed by atoms with E-state index in [1.54, 1.807) is 0 Å². The van der Waals surface area contributed by atoms with E-state index in [2.05, 4.69) is 4.74 Å². The standard InChI is InChI=1S/C10H8F6O/c1-17-7-4-2-6(3-5-7)8(9(11,12)13)10(14,15)16/h2-5,8H,1H3. The summed E-state index contributed by atoms with van der Waals surface area (Å²) in [7, 11) is 1.26. The maximum Gasteiger partial charge on any atom is 0.404 e. The Kier molecular flexibility index (Phi) is 3.59. The third-order valence-electron chi connectivity index (χ3n) is 2.10. The summed E-state index contributed by atoms with van der Waals surface area (Å²) in [6.45, 7) is 0. The Hall–Kier alpha value is -1.40. The van der Waals surface area contributed by atoms with Gasteiger partial charge in [0.1, 0.15) is 5.75 Å². The molecule has 0 heterocycles. The Bertz CT molecular complexity index is 350. The zero-order chi connectivity index (χ0) is 13.3. The molecule has 0 aliphatic heterocycles. The first-order valence-corrected chi connectivity index (χ1v) is 4.43. The Labute approximate surface area is 93.0 Å². The Balaban J connectivity index is 3.14. The van der Waals surface area contributed by atoms with Gasteiger partial charge in [-0.1, -0.05) is 12.1 Å².